The van der Waals surface area contributed by atoms with E-state index in [0.29, 0.717) is 5.56 Å². The normalized spacial score (nSPS) is 17.4. The Labute approximate surface area is 92.2 Å². The molecule has 1 fully saturated rings. The van der Waals surface area contributed by atoms with Gasteiger partial charge in [0.1, 0.15) is 5.82 Å². The first-order valence-corrected chi connectivity index (χ1v) is 5.06. The van der Waals surface area contributed by atoms with Gasteiger partial charge in [-0.05, 0) is 24.1 Å². The maximum absolute atomic E-state index is 13.6. The molecular weight excluding hydrogens is 211 g/mol. The molecule has 0 aromatic heterocycles. The van der Waals surface area contributed by atoms with Crippen LogP contribution in [0.5, 0.6) is 0 Å². The van der Waals surface area contributed by atoms with E-state index in [9.17, 15) is 14.0 Å². The Morgan fingerprint density at radius 2 is 1.88 bits per heavy atom. The summed E-state index contributed by atoms with van der Waals surface area (Å²) >= 11 is 0. The smallest absolute Gasteiger partial charge is 0.314 e. The second-order valence-electron chi connectivity index (χ2n) is 3.98. The highest BCUT2D eigenvalue weighted by molar-refractivity contribution is 5.89. The fourth-order valence-corrected chi connectivity index (χ4v) is 1.87. The van der Waals surface area contributed by atoms with Crippen molar-refractivity contribution in [3.8, 4) is 0 Å². The van der Waals surface area contributed by atoms with Crippen LogP contribution in [0.4, 0.5) is 4.39 Å². The van der Waals surface area contributed by atoms with Crippen molar-refractivity contribution in [2.45, 2.75) is 25.7 Å². The van der Waals surface area contributed by atoms with Gasteiger partial charge in [0.25, 0.3) is 0 Å². The second kappa shape index (κ2) is 4.04. The Bertz CT molecular complexity index is 438. The first-order chi connectivity index (χ1) is 7.56. The summed E-state index contributed by atoms with van der Waals surface area (Å²) in [7, 11) is 0. The van der Waals surface area contributed by atoms with Crippen LogP contribution in [0.2, 0.25) is 0 Å². The zero-order chi connectivity index (χ0) is 11.7. The number of hydrogen-bond acceptors (Lipinski definition) is 3. The lowest BCUT2D eigenvalue weighted by molar-refractivity contribution is -0.163. The van der Waals surface area contributed by atoms with E-state index in [0.717, 1.165) is 5.56 Å². The minimum Gasteiger partial charge on any atom is -0.393 e. The molecule has 0 unspecified atom stereocenters. The Balaban J connectivity index is 2.29. The number of halogens is 1. The largest absolute Gasteiger partial charge is 0.393 e. The molecule has 16 heavy (non-hydrogen) atoms. The van der Waals surface area contributed by atoms with Gasteiger partial charge >= 0.3 is 11.9 Å². The summed E-state index contributed by atoms with van der Waals surface area (Å²) in [6, 6.07) is 4.80. The number of ether oxygens (including phenoxy) is 1. The lowest BCUT2D eigenvalue weighted by atomic mass is 9.90. The molecule has 0 spiro atoms. The van der Waals surface area contributed by atoms with Crippen LogP contribution < -0.4 is 0 Å². The zero-order valence-electron chi connectivity index (χ0n) is 8.83. The van der Waals surface area contributed by atoms with Crippen molar-refractivity contribution < 1.29 is 18.7 Å². The SMILES string of the molecule is Cc1ccc(C2CC(=O)OC(=O)C2)c(F)c1. The van der Waals surface area contributed by atoms with Gasteiger partial charge in [0.05, 0.1) is 12.8 Å². The van der Waals surface area contributed by atoms with Crippen molar-refractivity contribution >= 4 is 11.9 Å². The molecule has 3 nitrogen and oxygen atoms in total. The number of hydrogen-bond donors (Lipinski definition) is 0. The highest BCUT2D eigenvalue weighted by atomic mass is 19.1. The van der Waals surface area contributed by atoms with Crippen LogP contribution in [-0.2, 0) is 14.3 Å². The summed E-state index contributed by atoms with van der Waals surface area (Å²) < 4.78 is 18.0. The van der Waals surface area contributed by atoms with Gasteiger partial charge in [-0.25, -0.2) is 4.39 Å². The fourth-order valence-electron chi connectivity index (χ4n) is 1.87. The van der Waals surface area contributed by atoms with E-state index in [1.807, 2.05) is 0 Å². The molecule has 2 rings (SSSR count). The molecule has 0 bridgehead atoms. The van der Waals surface area contributed by atoms with Crippen molar-refractivity contribution in [3.63, 3.8) is 0 Å². The van der Waals surface area contributed by atoms with E-state index in [1.165, 1.54) is 6.07 Å². The topological polar surface area (TPSA) is 43.4 Å². The fraction of sp³-hybridized carbons (Fsp3) is 0.333. The van der Waals surface area contributed by atoms with Crippen LogP contribution in [0.25, 0.3) is 0 Å². The van der Waals surface area contributed by atoms with Crippen LogP contribution in [0.15, 0.2) is 18.2 Å². The molecule has 84 valence electrons. The summed E-state index contributed by atoms with van der Waals surface area (Å²) in [6.07, 6.45) is 0.122. The molecule has 4 heteroatoms. The van der Waals surface area contributed by atoms with Gasteiger partial charge < -0.3 is 4.74 Å². The molecule has 1 saturated heterocycles. The molecule has 1 aliphatic heterocycles. The molecule has 0 aliphatic carbocycles. The Kier molecular flexibility index (Phi) is 2.73. The molecule has 0 atom stereocenters. The van der Waals surface area contributed by atoms with Crippen molar-refractivity contribution in [2.24, 2.45) is 0 Å². The Morgan fingerprint density at radius 3 is 2.44 bits per heavy atom. The number of cyclic esters (lactones) is 2. The molecule has 0 saturated carbocycles. The van der Waals surface area contributed by atoms with Crippen molar-refractivity contribution in [3.05, 3.63) is 35.1 Å². The van der Waals surface area contributed by atoms with Crippen LogP contribution >= 0.6 is 0 Å². The van der Waals surface area contributed by atoms with E-state index in [-0.39, 0.29) is 18.7 Å². The Hall–Kier alpha value is -1.71. The van der Waals surface area contributed by atoms with E-state index < -0.39 is 17.9 Å². The molecule has 0 N–H and O–H groups in total. The number of aryl methyl sites for hydroxylation is 1. The monoisotopic (exact) mass is 222 g/mol. The first kappa shape index (κ1) is 10.8. The molecule has 1 heterocycles. The number of rotatable bonds is 1. The van der Waals surface area contributed by atoms with Gasteiger partial charge in [0.2, 0.25) is 0 Å². The second-order valence-corrected chi connectivity index (χ2v) is 3.98. The Morgan fingerprint density at radius 1 is 1.25 bits per heavy atom. The number of carbonyl (C=O) groups is 2. The highest BCUT2D eigenvalue weighted by Gasteiger charge is 2.29. The summed E-state index contributed by atoms with van der Waals surface area (Å²) in [5, 5.41) is 0. The summed E-state index contributed by atoms with van der Waals surface area (Å²) in [4.78, 5) is 22.1. The van der Waals surface area contributed by atoms with E-state index in [4.69, 9.17) is 0 Å². The minimum atomic E-state index is -0.582. The average molecular weight is 222 g/mol. The molecule has 0 amide bonds. The van der Waals surface area contributed by atoms with Gasteiger partial charge in [-0.1, -0.05) is 12.1 Å². The maximum Gasteiger partial charge on any atom is 0.314 e. The highest BCUT2D eigenvalue weighted by Crippen LogP contribution is 2.30. The third kappa shape index (κ3) is 2.10. The average Bonchev–Trinajstić information content (AvgIpc) is 2.15. The van der Waals surface area contributed by atoms with Crippen molar-refractivity contribution in [2.75, 3.05) is 0 Å². The molecule has 1 aromatic carbocycles. The zero-order valence-corrected chi connectivity index (χ0v) is 8.83. The first-order valence-electron chi connectivity index (χ1n) is 5.06. The minimum absolute atomic E-state index is 0.0612. The number of esters is 2. The van der Waals surface area contributed by atoms with Crippen LogP contribution in [0, 0.1) is 12.7 Å². The third-order valence-corrected chi connectivity index (χ3v) is 2.65. The predicted octanol–water partition coefficient (Wildman–Crippen LogP) is 2.08. The van der Waals surface area contributed by atoms with E-state index in [2.05, 4.69) is 4.74 Å². The molecular formula is C12H11FO3. The lowest BCUT2D eigenvalue weighted by Gasteiger charge is -2.20. The predicted molar refractivity (Wildman–Crippen MR) is 54.2 cm³/mol. The van der Waals surface area contributed by atoms with Crippen LogP contribution in [0.1, 0.15) is 29.9 Å². The van der Waals surface area contributed by atoms with E-state index >= 15 is 0 Å². The van der Waals surface area contributed by atoms with E-state index in [1.54, 1.807) is 19.1 Å². The van der Waals surface area contributed by atoms with Crippen LogP contribution in [-0.4, -0.2) is 11.9 Å². The van der Waals surface area contributed by atoms with Crippen molar-refractivity contribution in [1.29, 1.82) is 0 Å². The number of benzene rings is 1. The molecule has 1 aliphatic rings. The van der Waals surface area contributed by atoms with Gasteiger partial charge in [0.15, 0.2) is 0 Å². The standard InChI is InChI=1S/C12H11FO3/c1-7-2-3-9(10(13)4-7)8-5-11(14)16-12(15)6-8/h2-4,8H,5-6H2,1H3. The van der Waals surface area contributed by atoms with Gasteiger partial charge in [-0.15, -0.1) is 0 Å². The van der Waals surface area contributed by atoms with Crippen molar-refractivity contribution in [1.82, 2.24) is 0 Å². The summed E-state index contributed by atoms with van der Waals surface area (Å²) in [5.74, 6) is -1.93. The van der Waals surface area contributed by atoms with Gasteiger partial charge in [0, 0.05) is 5.92 Å². The van der Waals surface area contributed by atoms with Gasteiger partial charge in [-0.2, -0.15) is 0 Å². The maximum atomic E-state index is 13.6. The molecule has 0 radical (unpaired) electrons. The quantitative estimate of drug-likeness (QED) is 0.539. The number of carbonyl (C=O) groups excluding carboxylic acids is 2. The lowest BCUT2D eigenvalue weighted by Crippen LogP contribution is -2.24. The van der Waals surface area contributed by atoms with Gasteiger partial charge in [-0.3, -0.25) is 9.59 Å². The molecule has 1 aromatic rings. The third-order valence-electron chi connectivity index (χ3n) is 2.65. The van der Waals surface area contributed by atoms with Crippen LogP contribution in [0.3, 0.4) is 0 Å². The summed E-state index contributed by atoms with van der Waals surface area (Å²) in [6.45, 7) is 1.78. The summed E-state index contributed by atoms with van der Waals surface area (Å²) in [5.41, 5.74) is 1.22.